The average Bonchev–Trinajstić information content (AvgIpc) is 2.54. The van der Waals surface area contributed by atoms with Gasteiger partial charge in [0.2, 0.25) is 0 Å². The number of methoxy groups -OCH3 is 1. The zero-order valence-electron chi connectivity index (χ0n) is 13.1. The summed E-state index contributed by atoms with van der Waals surface area (Å²) in [5, 5.41) is 6.05. The minimum absolute atomic E-state index is 0.220. The summed E-state index contributed by atoms with van der Waals surface area (Å²) in [7, 11) is 1.54. The Hall–Kier alpha value is -2.56. The van der Waals surface area contributed by atoms with Gasteiger partial charge in [-0.2, -0.15) is 0 Å². The molecular formula is C17H21N3O2. The molecule has 5 nitrogen and oxygen atoms in total. The van der Waals surface area contributed by atoms with Gasteiger partial charge in [0.1, 0.15) is 11.6 Å². The number of hydrogen-bond acceptors (Lipinski definition) is 4. The van der Waals surface area contributed by atoms with Crippen LogP contribution in [0.5, 0.6) is 5.75 Å². The molecule has 116 valence electrons. The number of pyridine rings is 1. The molecule has 22 heavy (non-hydrogen) atoms. The van der Waals surface area contributed by atoms with E-state index in [-0.39, 0.29) is 5.91 Å². The Bertz CT molecular complexity index is 624. The highest BCUT2D eigenvalue weighted by molar-refractivity contribution is 6.06. The number of nitrogens with zero attached hydrogens (tertiary/aromatic N) is 1. The van der Waals surface area contributed by atoms with Gasteiger partial charge in [0, 0.05) is 6.54 Å². The first-order chi connectivity index (χ1) is 10.6. The smallest absolute Gasteiger partial charge is 0.259 e. The maximum Gasteiger partial charge on any atom is 0.259 e. The van der Waals surface area contributed by atoms with Crippen molar-refractivity contribution in [3.05, 3.63) is 48.2 Å². The van der Waals surface area contributed by atoms with Crippen molar-refractivity contribution < 1.29 is 9.53 Å². The molecule has 0 radical (unpaired) electrons. The molecule has 0 bridgehead atoms. The molecule has 2 aromatic rings. The molecule has 2 rings (SSSR count). The quantitative estimate of drug-likeness (QED) is 0.858. The van der Waals surface area contributed by atoms with Gasteiger partial charge in [-0.3, -0.25) is 4.79 Å². The lowest BCUT2D eigenvalue weighted by Crippen LogP contribution is -2.13. The third-order valence-corrected chi connectivity index (χ3v) is 3.06. The van der Waals surface area contributed by atoms with Crippen molar-refractivity contribution in [2.24, 2.45) is 5.92 Å². The Morgan fingerprint density at radius 2 is 2.00 bits per heavy atom. The van der Waals surface area contributed by atoms with E-state index in [1.807, 2.05) is 18.2 Å². The van der Waals surface area contributed by atoms with E-state index < -0.39 is 0 Å². The van der Waals surface area contributed by atoms with Gasteiger partial charge in [-0.1, -0.05) is 26.0 Å². The van der Waals surface area contributed by atoms with E-state index >= 15 is 0 Å². The Kier molecular flexibility index (Phi) is 5.36. The molecule has 0 atom stereocenters. The predicted octanol–water partition coefficient (Wildman–Crippen LogP) is 3.41. The van der Waals surface area contributed by atoms with E-state index in [0.29, 0.717) is 22.9 Å². The number of benzene rings is 1. The monoisotopic (exact) mass is 299 g/mol. The van der Waals surface area contributed by atoms with Crippen LogP contribution in [0.2, 0.25) is 0 Å². The number of para-hydroxylation sites is 1. The fourth-order valence-corrected chi connectivity index (χ4v) is 1.91. The van der Waals surface area contributed by atoms with Crippen LogP contribution < -0.4 is 15.4 Å². The number of rotatable bonds is 6. The van der Waals surface area contributed by atoms with E-state index in [1.54, 1.807) is 31.5 Å². The fraction of sp³-hybridized carbons (Fsp3) is 0.294. The van der Waals surface area contributed by atoms with E-state index in [4.69, 9.17) is 4.74 Å². The predicted molar refractivity (Wildman–Crippen MR) is 88.5 cm³/mol. The summed E-state index contributed by atoms with van der Waals surface area (Å²) >= 11 is 0. The van der Waals surface area contributed by atoms with Crippen molar-refractivity contribution in [2.45, 2.75) is 13.8 Å². The average molecular weight is 299 g/mol. The van der Waals surface area contributed by atoms with Crippen molar-refractivity contribution in [2.75, 3.05) is 24.3 Å². The number of hydrogen-bond donors (Lipinski definition) is 2. The van der Waals surface area contributed by atoms with Gasteiger partial charge in [-0.15, -0.1) is 0 Å². The third kappa shape index (κ3) is 4.22. The molecule has 0 saturated carbocycles. The van der Waals surface area contributed by atoms with E-state index in [1.165, 1.54) is 0 Å². The van der Waals surface area contributed by atoms with Gasteiger partial charge in [-0.25, -0.2) is 4.98 Å². The number of carbonyl (C=O) groups is 1. The molecule has 1 aromatic carbocycles. The molecule has 5 heteroatoms. The van der Waals surface area contributed by atoms with E-state index in [0.717, 1.165) is 12.4 Å². The highest BCUT2D eigenvalue weighted by Crippen LogP contribution is 2.19. The summed E-state index contributed by atoms with van der Waals surface area (Å²) < 4.78 is 5.19. The van der Waals surface area contributed by atoms with Gasteiger partial charge in [-0.05, 0) is 30.2 Å². The van der Waals surface area contributed by atoms with E-state index in [2.05, 4.69) is 29.5 Å². The Morgan fingerprint density at radius 1 is 1.23 bits per heavy atom. The normalized spacial score (nSPS) is 10.4. The molecule has 1 amide bonds. The summed E-state index contributed by atoms with van der Waals surface area (Å²) in [6, 6.07) is 10.8. The van der Waals surface area contributed by atoms with Crippen LogP contribution >= 0.6 is 0 Å². The number of anilines is 2. The van der Waals surface area contributed by atoms with Gasteiger partial charge < -0.3 is 15.4 Å². The van der Waals surface area contributed by atoms with Gasteiger partial charge in [0.25, 0.3) is 5.91 Å². The molecule has 0 aliphatic carbocycles. The maximum atomic E-state index is 12.3. The van der Waals surface area contributed by atoms with Crippen molar-refractivity contribution in [1.29, 1.82) is 0 Å². The summed E-state index contributed by atoms with van der Waals surface area (Å²) in [6.45, 7) is 5.13. The lowest BCUT2D eigenvalue weighted by atomic mass is 10.2. The molecule has 0 aliphatic heterocycles. The second-order valence-corrected chi connectivity index (χ2v) is 5.36. The van der Waals surface area contributed by atoms with Crippen LogP contribution in [-0.2, 0) is 0 Å². The number of nitrogens with one attached hydrogen (secondary N) is 2. The molecule has 0 spiro atoms. The largest absolute Gasteiger partial charge is 0.496 e. The molecule has 0 saturated heterocycles. The van der Waals surface area contributed by atoms with E-state index in [9.17, 15) is 4.79 Å². The molecule has 0 unspecified atom stereocenters. The van der Waals surface area contributed by atoms with Crippen LogP contribution in [0.1, 0.15) is 24.2 Å². The minimum Gasteiger partial charge on any atom is -0.496 e. The third-order valence-electron chi connectivity index (χ3n) is 3.06. The first-order valence-corrected chi connectivity index (χ1v) is 7.24. The summed E-state index contributed by atoms with van der Waals surface area (Å²) in [5.41, 5.74) is 1.14. The first kappa shape index (κ1) is 15.8. The SMILES string of the molecule is COc1ccccc1C(=O)Nc1ccc(NCC(C)C)nc1. The summed E-state index contributed by atoms with van der Waals surface area (Å²) in [6.07, 6.45) is 1.63. The van der Waals surface area contributed by atoms with Crippen molar-refractivity contribution in [1.82, 2.24) is 4.98 Å². The number of amides is 1. The molecule has 0 aliphatic rings. The van der Waals surface area contributed by atoms with Gasteiger partial charge >= 0.3 is 0 Å². The van der Waals surface area contributed by atoms with Gasteiger partial charge in [0.15, 0.2) is 0 Å². The maximum absolute atomic E-state index is 12.3. The number of carbonyl (C=O) groups excluding carboxylic acids is 1. The molecule has 1 heterocycles. The zero-order valence-corrected chi connectivity index (χ0v) is 13.1. The summed E-state index contributed by atoms with van der Waals surface area (Å²) in [5.74, 6) is 1.67. The van der Waals surface area contributed by atoms with Crippen LogP contribution in [0.4, 0.5) is 11.5 Å². The highest BCUT2D eigenvalue weighted by atomic mass is 16.5. The molecule has 0 fully saturated rings. The lowest BCUT2D eigenvalue weighted by Gasteiger charge is -2.10. The lowest BCUT2D eigenvalue weighted by molar-refractivity contribution is 0.102. The Labute approximate surface area is 130 Å². The van der Waals surface area contributed by atoms with Crippen molar-refractivity contribution in [3.63, 3.8) is 0 Å². The molecule has 1 aromatic heterocycles. The van der Waals surface area contributed by atoms with Crippen LogP contribution in [0.15, 0.2) is 42.6 Å². The zero-order chi connectivity index (χ0) is 15.9. The summed E-state index contributed by atoms with van der Waals surface area (Å²) in [4.78, 5) is 16.5. The minimum atomic E-state index is -0.220. The number of aromatic nitrogens is 1. The standard InChI is InChI=1S/C17H21N3O2/c1-12(2)10-18-16-9-8-13(11-19-16)20-17(21)14-6-4-5-7-15(14)22-3/h4-9,11-12H,10H2,1-3H3,(H,18,19)(H,20,21). The second-order valence-electron chi connectivity index (χ2n) is 5.36. The molecular weight excluding hydrogens is 278 g/mol. The van der Waals surface area contributed by atoms with Crippen LogP contribution in [0.3, 0.4) is 0 Å². The highest BCUT2D eigenvalue weighted by Gasteiger charge is 2.11. The fourth-order valence-electron chi connectivity index (χ4n) is 1.91. The van der Waals surface area contributed by atoms with Gasteiger partial charge in [0.05, 0.1) is 24.6 Å². The molecule has 2 N–H and O–H groups in total. The topological polar surface area (TPSA) is 63.2 Å². The van der Waals surface area contributed by atoms with Crippen LogP contribution in [-0.4, -0.2) is 24.5 Å². The Morgan fingerprint density at radius 3 is 2.64 bits per heavy atom. The second kappa shape index (κ2) is 7.45. The van der Waals surface area contributed by atoms with Crippen LogP contribution in [0.25, 0.3) is 0 Å². The number of ether oxygens (including phenoxy) is 1. The van der Waals surface area contributed by atoms with Crippen molar-refractivity contribution >= 4 is 17.4 Å². The first-order valence-electron chi connectivity index (χ1n) is 7.24. The van der Waals surface area contributed by atoms with Crippen LogP contribution in [0, 0.1) is 5.92 Å². The Balaban J connectivity index is 2.02. The van der Waals surface area contributed by atoms with Crippen molar-refractivity contribution in [3.8, 4) is 5.75 Å².